The number of hydrogen-bond donors (Lipinski definition) is 1. The number of rotatable bonds is 7. The molecule has 0 unspecified atom stereocenters. The van der Waals surface area contributed by atoms with Gasteiger partial charge in [-0.05, 0) is 25.1 Å². The first-order valence-corrected chi connectivity index (χ1v) is 9.97. The number of aryl methyl sites for hydroxylation is 1. The Kier molecular flexibility index (Phi) is 6.61. The molecule has 0 saturated heterocycles. The largest absolute Gasteiger partial charge is 0.416 e. The SMILES string of the molecule is C=CCn1c(SCC(=O)Nc2cccc(C(F)(F)F)c2)nnc1-c1ccc(C)cc1. The first-order chi connectivity index (χ1) is 14.3. The Bertz CT molecular complexity index is 1050. The Labute approximate surface area is 176 Å². The number of nitrogens with one attached hydrogen (secondary N) is 1. The molecular formula is C21H19F3N4OS. The van der Waals surface area contributed by atoms with Crippen molar-refractivity contribution >= 4 is 23.4 Å². The zero-order chi connectivity index (χ0) is 21.7. The quantitative estimate of drug-likeness (QED) is 0.412. The highest BCUT2D eigenvalue weighted by molar-refractivity contribution is 7.99. The van der Waals surface area contributed by atoms with Crippen molar-refractivity contribution in [3.63, 3.8) is 0 Å². The van der Waals surface area contributed by atoms with Crippen LogP contribution in [0.2, 0.25) is 0 Å². The number of amides is 1. The van der Waals surface area contributed by atoms with Gasteiger partial charge in [0.1, 0.15) is 0 Å². The average Bonchev–Trinajstić information content (AvgIpc) is 3.09. The maximum atomic E-state index is 12.8. The molecule has 0 bridgehead atoms. The zero-order valence-corrected chi connectivity index (χ0v) is 16.9. The van der Waals surface area contributed by atoms with E-state index in [0.717, 1.165) is 35.0 Å². The van der Waals surface area contributed by atoms with Crippen LogP contribution in [0.4, 0.5) is 18.9 Å². The third-order valence-corrected chi connectivity index (χ3v) is 5.11. The van der Waals surface area contributed by atoms with E-state index in [2.05, 4.69) is 22.1 Å². The van der Waals surface area contributed by atoms with Crippen LogP contribution in [0.15, 0.2) is 66.3 Å². The summed E-state index contributed by atoms with van der Waals surface area (Å²) in [7, 11) is 0. The van der Waals surface area contributed by atoms with Crippen LogP contribution in [0.5, 0.6) is 0 Å². The minimum absolute atomic E-state index is 0.0284. The summed E-state index contributed by atoms with van der Waals surface area (Å²) in [4.78, 5) is 12.2. The predicted octanol–water partition coefficient (Wildman–Crippen LogP) is 5.19. The highest BCUT2D eigenvalue weighted by atomic mass is 32.2. The van der Waals surface area contributed by atoms with E-state index >= 15 is 0 Å². The molecule has 0 saturated carbocycles. The number of nitrogens with zero attached hydrogens (tertiary/aromatic N) is 3. The third-order valence-electron chi connectivity index (χ3n) is 4.14. The second-order valence-corrected chi connectivity index (χ2v) is 7.43. The predicted molar refractivity (Wildman–Crippen MR) is 111 cm³/mol. The molecule has 2 aromatic carbocycles. The Morgan fingerprint density at radius 2 is 1.93 bits per heavy atom. The first-order valence-electron chi connectivity index (χ1n) is 8.99. The molecule has 0 aliphatic rings. The lowest BCUT2D eigenvalue weighted by atomic mass is 10.1. The summed E-state index contributed by atoms with van der Waals surface area (Å²) in [5.41, 5.74) is 1.27. The Balaban J connectivity index is 1.70. The number of alkyl halides is 3. The molecule has 3 rings (SSSR count). The van der Waals surface area contributed by atoms with Gasteiger partial charge in [-0.3, -0.25) is 9.36 Å². The van der Waals surface area contributed by atoms with E-state index in [1.54, 1.807) is 6.08 Å². The van der Waals surface area contributed by atoms with Gasteiger partial charge in [-0.2, -0.15) is 13.2 Å². The molecule has 5 nitrogen and oxygen atoms in total. The van der Waals surface area contributed by atoms with Gasteiger partial charge in [0, 0.05) is 17.8 Å². The molecule has 0 aliphatic heterocycles. The van der Waals surface area contributed by atoms with Crippen molar-refractivity contribution in [3.8, 4) is 11.4 Å². The smallest absolute Gasteiger partial charge is 0.325 e. The molecule has 156 valence electrons. The van der Waals surface area contributed by atoms with Crippen LogP contribution in [0.25, 0.3) is 11.4 Å². The van der Waals surface area contributed by atoms with Crippen LogP contribution in [-0.2, 0) is 17.5 Å². The van der Waals surface area contributed by atoms with Gasteiger partial charge in [0.2, 0.25) is 5.91 Å². The fraction of sp³-hybridized carbons (Fsp3) is 0.190. The van der Waals surface area contributed by atoms with Gasteiger partial charge in [-0.15, -0.1) is 16.8 Å². The summed E-state index contributed by atoms with van der Waals surface area (Å²) >= 11 is 1.15. The average molecular weight is 432 g/mol. The summed E-state index contributed by atoms with van der Waals surface area (Å²) in [6, 6.07) is 12.3. The maximum absolute atomic E-state index is 12.8. The van der Waals surface area contributed by atoms with Crippen molar-refractivity contribution in [2.24, 2.45) is 0 Å². The minimum atomic E-state index is -4.47. The second kappa shape index (κ2) is 9.17. The van der Waals surface area contributed by atoms with E-state index < -0.39 is 17.6 Å². The summed E-state index contributed by atoms with van der Waals surface area (Å²) in [6.07, 6.45) is -2.77. The molecule has 0 fully saturated rings. The van der Waals surface area contributed by atoms with E-state index in [-0.39, 0.29) is 11.4 Å². The van der Waals surface area contributed by atoms with Crippen molar-refractivity contribution < 1.29 is 18.0 Å². The number of hydrogen-bond acceptors (Lipinski definition) is 4. The minimum Gasteiger partial charge on any atom is -0.325 e. The number of thioether (sulfide) groups is 1. The van der Waals surface area contributed by atoms with Crippen LogP contribution in [-0.4, -0.2) is 26.4 Å². The van der Waals surface area contributed by atoms with Crippen LogP contribution in [0.1, 0.15) is 11.1 Å². The lowest BCUT2D eigenvalue weighted by molar-refractivity contribution is -0.137. The topological polar surface area (TPSA) is 59.8 Å². The molecule has 0 radical (unpaired) electrons. The summed E-state index contributed by atoms with van der Waals surface area (Å²) in [5, 5.41) is 11.4. The fourth-order valence-electron chi connectivity index (χ4n) is 2.71. The number of carbonyl (C=O) groups is 1. The van der Waals surface area contributed by atoms with Gasteiger partial charge in [0.05, 0.1) is 11.3 Å². The summed E-state index contributed by atoms with van der Waals surface area (Å²) in [5.74, 6) is 0.180. The lowest BCUT2D eigenvalue weighted by Crippen LogP contribution is -2.15. The van der Waals surface area contributed by atoms with Gasteiger partial charge < -0.3 is 5.32 Å². The summed E-state index contributed by atoms with van der Waals surface area (Å²) in [6.45, 7) is 6.19. The Morgan fingerprint density at radius 3 is 2.60 bits per heavy atom. The van der Waals surface area contributed by atoms with Gasteiger partial charge in [-0.1, -0.05) is 53.7 Å². The third kappa shape index (κ3) is 5.29. The van der Waals surface area contributed by atoms with Crippen molar-refractivity contribution in [1.82, 2.24) is 14.8 Å². The second-order valence-electron chi connectivity index (χ2n) is 6.49. The lowest BCUT2D eigenvalue weighted by Gasteiger charge is -2.10. The monoisotopic (exact) mass is 432 g/mol. The van der Waals surface area contributed by atoms with Crippen molar-refractivity contribution in [1.29, 1.82) is 0 Å². The number of benzene rings is 2. The molecule has 1 N–H and O–H groups in total. The molecule has 0 aliphatic carbocycles. The number of anilines is 1. The van der Waals surface area contributed by atoms with Gasteiger partial charge in [0.15, 0.2) is 11.0 Å². The highest BCUT2D eigenvalue weighted by Gasteiger charge is 2.30. The van der Waals surface area contributed by atoms with Crippen LogP contribution in [0.3, 0.4) is 0 Å². The number of allylic oxidation sites excluding steroid dienone is 1. The standard InChI is InChI=1S/C21H19F3N4OS/c1-3-11-28-19(15-9-7-14(2)8-10-15)26-27-20(28)30-13-18(29)25-17-6-4-5-16(12-17)21(22,23)24/h3-10,12H,1,11,13H2,2H3,(H,25,29). The Morgan fingerprint density at radius 1 is 1.20 bits per heavy atom. The molecule has 30 heavy (non-hydrogen) atoms. The molecule has 1 heterocycles. The first kappa shape index (κ1) is 21.6. The van der Waals surface area contributed by atoms with E-state index in [0.29, 0.717) is 17.5 Å². The van der Waals surface area contributed by atoms with Crippen LogP contribution >= 0.6 is 11.8 Å². The van der Waals surface area contributed by atoms with Gasteiger partial charge >= 0.3 is 6.18 Å². The van der Waals surface area contributed by atoms with Crippen LogP contribution in [0, 0.1) is 6.92 Å². The Hall–Kier alpha value is -3.07. The van der Waals surface area contributed by atoms with Crippen molar-refractivity contribution in [2.75, 3.05) is 11.1 Å². The van der Waals surface area contributed by atoms with Gasteiger partial charge in [0.25, 0.3) is 0 Å². The number of halogens is 3. The van der Waals surface area contributed by atoms with Crippen molar-refractivity contribution in [3.05, 3.63) is 72.3 Å². The highest BCUT2D eigenvalue weighted by Crippen LogP contribution is 2.31. The molecule has 1 amide bonds. The molecule has 9 heteroatoms. The normalized spacial score (nSPS) is 11.3. The van der Waals surface area contributed by atoms with E-state index in [1.165, 1.54) is 12.1 Å². The zero-order valence-electron chi connectivity index (χ0n) is 16.1. The van der Waals surface area contributed by atoms with Crippen molar-refractivity contribution in [2.45, 2.75) is 24.8 Å². The molecular weight excluding hydrogens is 413 g/mol. The number of carbonyl (C=O) groups excluding carboxylic acids is 1. The number of aromatic nitrogens is 3. The van der Waals surface area contributed by atoms with Crippen LogP contribution < -0.4 is 5.32 Å². The molecule has 1 aromatic heterocycles. The fourth-order valence-corrected chi connectivity index (χ4v) is 3.45. The molecule has 3 aromatic rings. The van der Waals surface area contributed by atoms with Gasteiger partial charge in [-0.25, -0.2) is 0 Å². The van der Waals surface area contributed by atoms with E-state index in [9.17, 15) is 18.0 Å². The van der Waals surface area contributed by atoms with E-state index in [1.807, 2.05) is 35.8 Å². The molecule has 0 atom stereocenters. The molecule has 0 spiro atoms. The van der Waals surface area contributed by atoms with E-state index in [4.69, 9.17) is 0 Å². The summed E-state index contributed by atoms with van der Waals surface area (Å²) < 4.78 is 40.3. The maximum Gasteiger partial charge on any atom is 0.416 e.